The molecule has 3 heterocycles. The third-order valence-electron chi connectivity index (χ3n) is 5.89. The first kappa shape index (κ1) is 19.8. The highest BCUT2D eigenvalue weighted by molar-refractivity contribution is 6.02. The van der Waals surface area contributed by atoms with Crippen LogP contribution in [0.1, 0.15) is 35.2 Å². The first-order valence-corrected chi connectivity index (χ1v) is 10.0. The minimum Gasteiger partial charge on any atom is -0.345 e. The predicted octanol–water partition coefficient (Wildman–Crippen LogP) is 2.89. The largest absolute Gasteiger partial charge is 0.345 e. The SMILES string of the molecule is Cc1cc(Nc2cc(N3CC[C@@](C#N)(C4CC4)C3=O)ccn2)ncc1C(=O)N(C)C. The monoisotopic (exact) mass is 404 g/mol. The first-order valence-electron chi connectivity index (χ1n) is 10.0. The van der Waals surface area contributed by atoms with E-state index in [1.54, 1.807) is 49.6 Å². The molecule has 1 saturated carbocycles. The number of aryl methyl sites for hydroxylation is 1. The summed E-state index contributed by atoms with van der Waals surface area (Å²) in [5, 5.41) is 12.8. The predicted molar refractivity (Wildman–Crippen MR) is 112 cm³/mol. The van der Waals surface area contributed by atoms with E-state index in [0.29, 0.717) is 35.9 Å². The molecule has 8 heteroatoms. The van der Waals surface area contributed by atoms with Gasteiger partial charge in [-0.15, -0.1) is 0 Å². The van der Waals surface area contributed by atoms with Gasteiger partial charge in [0, 0.05) is 44.8 Å². The molecule has 1 aliphatic heterocycles. The number of hydrogen-bond donors (Lipinski definition) is 1. The number of nitrogens with zero attached hydrogens (tertiary/aromatic N) is 5. The van der Waals surface area contributed by atoms with Crippen molar-refractivity contribution in [3.8, 4) is 6.07 Å². The van der Waals surface area contributed by atoms with E-state index in [1.807, 2.05) is 6.92 Å². The fourth-order valence-electron chi connectivity index (χ4n) is 4.01. The number of anilines is 3. The second-order valence-electron chi connectivity index (χ2n) is 8.17. The van der Waals surface area contributed by atoms with Crippen LogP contribution in [-0.2, 0) is 4.79 Å². The Labute approximate surface area is 175 Å². The lowest BCUT2D eigenvalue weighted by Gasteiger charge is -2.21. The highest BCUT2D eigenvalue weighted by atomic mass is 16.2. The molecule has 0 spiro atoms. The summed E-state index contributed by atoms with van der Waals surface area (Å²) < 4.78 is 0. The molecular formula is C22H24N6O2. The van der Waals surface area contributed by atoms with Crippen LogP contribution >= 0.6 is 0 Å². The van der Waals surface area contributed by atoms with Crippen molar-refractivity contribution >= 4 is 29.1 Å². The van der Waals surface area contributed by atoms with E-state index in [-0.39, 0.29) is 17.7 Å². The summed E-state index contributed by atoms with van der Waals surface area (Å²) in [7, 11) is 3.40. The van der Waals surface area contributed by atoms with Gasteiger partial charge in [0.1, 0.15) is 17.1 Å². The zero-order chi connectivity index (χ0) is 21.5. The van der Waals surface area contributed by atoms with Crippen molar-refractivity contribution in [3.63, 3.8) is 0 Å². The number of nitrogens with one attached hydrogen (secondary N) is 1. The van der Waals surface area contributed by atoms with E-state index in [2.05, 4.69) is 21.4 Å². The average molecular weight is 404 g/mol. The Morgan fingerprint density at radius 2 is 2.03 bits per heavy atom. The summed E-state index contributed by atoms with van der Waals surface area (Å²) in [6.07, 6.45) is 5.65. The molecule has 0 radical (unpaired) electrons. The lowest BCUT2D eigenvalue weighted by atomic mass is 9.83. The Morgan fingerprint density at radius 3 is 2.67 bits per heavy atom. The van der Waals surface area contributed by atoms with Crippen LogP contribution in [0, 0.1) is 29.6 Å². The van der Waals surface area contributed by atoms with E-state index in [1.165, 1.54) is 4.90 Å². The van der Waals surface area contributed by atoms with Gasteiger partial charge in [0.25, 0.3) is 5.91 Å². The number of rotatable bonds is 5. The van der Waals surface area contributed by atoms with Crippen molar-refractivity contribution < 1.29 is 9.59 Å². The zero-order valence-corrected chi connectivity index (χ0v) is 17.3. The molecule has 1 N–H and O–H groups in total. The average Bonchev–Trinajstić information content (AvgIpc) is 3.52. The van der Waals surface area contributed by atoms with E-state index < -0.39 is 5.41 Å². The third-order valence-corrected chi connectivity index (χ3v) is 5.89. The van der Waals surface area contributed by atoms with Crippen LogP contribution in [0.5, 0.6) is 0 Å². The maximum atomic E-state index is 13.0. The van der Waals surface area contributed by atoms with Crippen LogP contribution in [0.3, 0.4) is 0 Å². The quantitative estimate of drug-likeness (QED) is 0.822. The van der Waals surface area contributed by atoms with Crippen molar-refractivity contribution in [2.24, 2.45) is 11.3 Å². The number of carbonyl (C=O) groups excluding carboxylic acids is 2. The molecule has 0 unspecified atom stereocenters. The summed E-state index contributed by atoms with van der Waals surface area (Å²) in [6.45, 7) is 2.39. The fourth-order valence-corrected chi connectivity index (χ4v) is 4.01. The van der Waals surface area contributed by atoms with Gasteiger partial charge in [-0.05, 0) is 49.8 Å². The van der Waals surface area contributed by atoms with E-state index >= 15 is 0 Å². The number of aromatic nitrogens is 2. The molecule has 30 heavy (non-hydrogen) atoms. The fraction of sp³-hybridized carbons (Fsp3) is 0.409. The Balaban J connectivity index is 1.54. The maximum Gasteiger partial charge on any atom is 0.255 e. The van der Waals surface area contributed by atoms with Gasteiger partial charge in [-0.2, -0.15) is 5.26 Å². The first-order chi connectivity index (χ1) is 14.4. The van der Waals surface area contributed by atoms with Crippen molar-refractivity contribution in [2.75, 3.05) is 30.9 Å². The lowest BCUT2D eigenvalue weighted by molar-refractivity contribution is -0.123. The Kier molecular flexibility index (Phi) is 4.90. The molecule has 2 aromatic heterocycles. The number of carbonyl (C=O) groups is 2. The lowest BCUT2D eigenvalue weighted by Crippen LogP contribution is -2.35. The Bertz CT molecular complexity index is 1060. The van der Waals surface area contributed by atoms with Gasteiger partial charge >= 0.3 is 0 Å². The van der Waals surface area contributed by atoms with Crippen molar-refractivity contribution in [1.29, 1.82) is 5.26 Å². The van der Waals surface area contributed by atoms with Crippen molar-refractivity contribution in [3.05, 3.63) is 41.7 Å². The van der Waals surface area contributed by atoms with Crippen LogP contribution in [0.2, 0.25) is 0 Å². The molecule has 2 aliphatic rings. The number of pyridine rings is 2. The Hall–Kier alpha value is -3.47. The minimum atomic E-state index is -0.871. The van der Waals surface area contributed by atoms with Gasteiger partial charge in [-0.25, -0.2) is 9.97 Å². The second kappa shape index (κ2) is 7.41. The summed E-state index contributed by atoms with van der Waals surface area (Å²) in [5.41, 5.74) is 1.19. The maximum absolute atomic E-state index is 13.0. The van der Waals surface area contributed by atoms with Gasteiger partial charge in [-0.3, -0.25) is 9.59 Å². The number of amides is 2. The summed E-state index contributed by atoms with van der Waals surface area (Å²) in [5.74, 6) is 1.08. The number of nitriles is 1. The van der Waals surface area contributed by atoms with E-state index in [4.69, 9.17) is 0 Å². The van der Waals surface area contributed by atoms with Crippen molar-refractivity contribution in [2.45, 2.75) is 26.2 Å². The molecule has 1 saturated heterocycles. The molecule has 1 aliphatic carbocycles. The smallest absolute Gasteiger partial charge is 0.255 e. The third kappa shape index (κ3) is 3.36. The van der Waals surface area contributed by atoms with Crippen LogP contribution < -0.4 is 10.2 Å². The van der Waals surface area contributed by atoms with Crippen LogP contribution in [0.15, 0.2) is 30.6 Å². The summed E-state index contributed by atoms with van der Waals surface area (Å²) >= 11 is 0. The summed E-state index contributed by atoms with van der Waals surface area (Å²) in [6, 6.07) is 7.66. The number of hydrogen-bond acceptors (Lipinski definition) is 6. The van der Waals surface area contributed by atoms with E-state index in [0.717, 1.165) is 18.4 Å². The highest BCUT2D eigenvalue weighted by Gasteiger charge is 2.56. The summed E-state index contributed by atoms with van der Waals surface area (Å²) in [4.78, 5) is 37.1. The van der Waals surface area contributed by atoms with E-state index in [9.17, 15) is 14.9 Å². The Morgan fingerprint density at radius 1 is 1.30 bits per heavy atom. The van der Waals surface area contributed by atoms with Gasteiger partial charge in [0.15, 0.2) is 0 Å². The molecule has 2 amide bonds. The molecule has 2 fully saturated rings. The van der Waals surface area contributed by atoms with Crippen molar-refractivity contribution in [1.82, 2.24) is 14.9 Å². The second-order valence-corrected chi connectivity index (χ2v) is 8.17. The standard InChI is InChI=1S/C22H24N6O2/c1-14-10-18(25-12-17(14)20(29)27(2)3)26-19-11-16(6-8-24-19)28-9-7-22(13-23,21(28)30)15-4-5-15/h6,8,10-12,15H,4-5,7,9H2,1-3H3,(H,24,25,26)/t22-/m1/s1. The van der Waals surface area contributed by atoms with Crippen LogP contribution in [-0.4, -0.2) is 47.3 Å². The highest BCUT2D eigenvalue weighted by Crippen LogP contribution is 2.51. The molecule has 8 nitrogen and oxygen atoms in total. The normalized spacial score (nSPS) is 20.7. The minimum absolute atomic E-state index is 0.101. The molecule has 0 bridgehead atoms. The molecule has 0 aromatic carbocycles. The molecular weight excluding hydrogens is 380 g/mol. The van der Waals surface area contributed by atoms with Crippen LogP contribution in [0.4, 0.5) is 17.3 Å². The van der Waals surface area contributed by atoms with Gasteiger partial charge < -0.3 is 15.1 Å². The molecule has 4 rings (SSSR count). The van der Waals surface area contributed by atoms with Gasteiger partial charge in [-0.1, -0.05) is 0 Å². The zero-order valence-electron chi connectivity index (χ0n) is 17.3. The molecule has 154 valence electrons. The molecule has 1 atom stereocenters. The molecule has 2 aromatic rings. The van der Waals surface area contributed by atoms with Crippen LogP contribution in [0.25, 0.3) is 0 Å². The van der Waals surface area contributed by atoms with Gasteiger partial charge in [0.2, 0.25) is 5.91 Å². The van der Waals surface area contributed by atoms with Gasteiger partial charge in [0.05, 0.1) is 11.6 Å². The topological polar surface area (TPSA) is 102 Å².